The first-order valence-corrected chi connectivity index (χ1v) is 4.35. The smallest absolute Gasteiger partial charge is 0.124 e. The molecule has 13 heavy (non-hydrogen) atoms. The first kappa shape index (κ1) is 9.75. The van der Waals surface area contributed by atoms with Gasteiger partial charge in [-0.05, 0) is 20.4 Å². The lowest BCUT2D eigenvalue weighted by molar-refractivity contribution is 0.652. The molecule has 0 aliphatic carbocycles. The van der Waals surface area contributed by atoms with Crippen molar-refractivity contribution >= 4 is 0 Å². The third kappa shape index (κ3) is 1.87. The Labute approximate surface area is 78.0 Å². The molecule has 1 rings (SSSR count). The van der Waals surface area contributed by atoms with E-state index in [1.165, 1.54) is 0 Å². The number of H-pyrrole nitrogens is 1. The minimum Gasteiger partial charge on any atom is -0.298 e. The van der Waals surface area contributed by atoms with Crippen LogP contribution >= 0.6 is 0 Å². The van der Waals surface area contributed by atoms with Gasteiger partial charge in [0.1, 0.15) is 6.04 Å². The van der Waals surface area contributed by atoms with E-state index in [1.807, 2.05) is 20.8 Å². The summed E-state index contributed by atoms with van der Waals surface area (Å²) in [6.45, 7) is 6.59. The summed E-state index contributed by atoms with van der Waals surface area (Å²) in [6.07, 6.45) is 0. The normalized spacial score (nSPS) is 12.5. The highest BCUT2D eigenvalue weighted by Gasteiger charge is 2.16. The fourth-order valence-corrected chi connectivity index (χ4v) is 1.40. The van der Waals surface area contributed by atoms with E-state index in [-0.39, 0.29) is 6.04 Å². The Morgan fingerprint density at radius 3 is 2.69 bits per heavy atom. The summed E-state index contributed by atoms with van der Waals surface area (Å²) in [7, 11) is 0. The number of aromatic amines is 1. The van der Waals surface area contributed by atoms with Crippen LogP contribution in [0.15, 0.2) is 0 Å². The van der Waals surface area contributed by atoms with Crippen molar-refractivity contribution in [3.63, 3.8) is 0 Å². The lowest BCUT2D eigenvalue weighted by Gasteiger charge is -2.09. The molecular formula is C9H14N4. The van der Waals surface area contributed by atoms with Crippen LogP contribution in [0.25, 0.3) is 0 Å². The molecule has 1 unspecified atom stereocenters. The number of nitrogens with zero attached hydrogens (tertiary/aromatic N) is 2. The second-order valence-corrected chi connectivity index (χ2v) is 2.97. The fraction of sp³-hybridized carbons (Fsp3) is 0.556. The maximum Gasteiger partial charge on any atom is 0.124 e. The zero-order valence-corrected chi connectivity index (χ0v) is 8.18. The zero-order chi connectivity index (χ0) is 9.84. The number of aromatic nitrogens is 2. The van der Waals surface area contributed by atoms with Crippen LogP contribution in [0.4, 0.5) is 0 Å². The molecule has 1 aromatic heterocycles. The molecule has 0 amide bonds. The van der Waals surface area contributed by atoms with Crippen LogP contribution in [0, 0.1) is 25.2 Å². The molecule has 0 aliphatic rings. The van der Waals surface area contributed by atoms with Crippen molar-refractivity contribution in [1.29, 1.82) is 5.26 Å². The van der Waals surface area contributed by atoms with Gasteiger partial charge >= 0.3 is 0 Å². The van der Waals surface area contributed by atoms with Crippen molar-refractivity contribution in [2.24, 2.45) is 0 Å². The van der Waals surface area contributed by atoms with Gasteiger partial charge in [0.05, 0.1) is 11.8 Å². The van der Waals surface area contributed by atoms with E-state index in [2.05, 4.69) is 21.6 Å². The quantitative estimate of drug-likeness (QED) is 0.731. The molecule has 0 radical (unpaired) electrons. The van der Waals surface area contributed by atoms with Gasteiger partial charge in [0.15, 0.2) is 0 Å². The lowest BCUT2D eigenvalue weighted by atomic mass is 10.1. The Morgan fingerprint density at radius 1 is 1.62 bits per heavy atom. The van der Waals surface area contributed by atoms with Gasteiger partial charge in [-0.3, -0.25) is 10.4 Å². The highest BCUT2D eigenvalue weighted by molar-refractivity contribution is 5.31. The van der Waals surface area contributed by atoms with E-state index >= 15 is 0 Å². The van der Waals surface area contributed by atoms with Gasteiger partial charge in [0.25, 0.3) is 0 Å². The monoisotopic (exact) mass is 178 g/mol. The predicted octanol–water partition coefficient (Wildman–Crippen LogP) is 1.20. The molecular weight excluding hydrogens is 164 g/mol. The molecule has 0 bridgehead atoms. The third-order valence-corrected chi connectivity index (χ3v) is 2.01. The molecule has 1 atom stereocenters. The topological polar surface area (TPSA) is 64.5 Å². The standard InChI is InChI=1S/C9H14N4/c1-4-11-8(5-10)9-6(2)12-13-7(9)3/h8,11H,4H2,1-3H3,(H,12,13). The van der Waals surface area contributed by atoms with Crippen molar-refractivity contribution in [3.8, 4) is 6.07 Å². The van der Waals surface area contributed by atoms with E-state index < -0.39 is 0 Å². The van der Waals surface area contributed by atoms with Gasteiger partial charge in [0.2, 0.25) is 0 Å². The number of nitrogens with one attached hydrogen (secondary N) is 2. The van der Waals surface area contributed by atoms with Gasteiger partial charge in [-0.25, -0.2) is 0 Å². The summed E-state index contributed by atoms with van der Waals surface area (Å²) < 4.78 is 0. The molecule has 1 heterocycles. The maximum absolute atomic E-state index is 8.92. The highest BCUT2D eigenvalue weighted by Crippen LogP contribution is 2.18. The van der Waals surface area contributed by atoms with Crippen molar-refractivity contribution < 1.29 is 0 Å². The van der Waals surface area contributed by atoms with Crippen LogP contribution in [0.3, 0.4) is 0 Å². The Bertz CT molecular complexity index is 301. The average molecular weight is 178 g/mol. The third-order valence-electron chi connectivity index (χ3n) is 2.01. The van der Waals surface area contributed by atoms with Crippen molar-refractivity contribution in [3.05, 3.63) is 17.0 Å². The summed E-state index contributed by atoms with van der Waals surface area (Å²) in [4.78, 5) is 0. The fourth-order valence-electron chi connectivity index (χ4n) is 1.40. The minimum absolute atomic E-state index is 0.247. The van der Waals surface area contributed by atoms with E-state index in [1.54, 1.807) is 0 Å². The molecule has 0 saturated heterocycles. The van der Waals surface area contributed by atoms with Crippen molar-refractivity contribution in [2.75, 3.05) is 6.54 Å². The molecule has 0 aromatic carbocycles. The SMILES string of the molecule is CCNC(C#N)c1c(C)n[nH]c1C. The molecule has 2 N–H and O–H groups in total. The molecule has 0 aliphatic heterocycles. The second-order valence-electron chi connectivity index (χ2n) is 2.97. The van der Waals surface area contributed by atoms with E-state index in [0.29, 0.717) is 0 Å². The molecule has 0 spiro atoms. The van der Waals surface area contributed by atoms with Gasteiger partial charge in [-0.15, -0.1) is 0 Å². The van der Waals surface area contributed by atoms with Crippen LogP contribution in [0.2, 0.25) is 0 Å². The van der Waals surface area contributed by atoms with Crippen LogP contribution in [-0.4, -0.2) is 16.7 Å². The van der Waals surface area contributed by atoms with Crippen LogP contribution in [0.5, 0.6) is 0 Å². The van der Waals surface area contributed by atoms with Crippen LogP contribution < -0.4 is 5.32 Å². The van der Waals surface area contributed by atoms with Gasteiger partial charge in [-0.1, -0.05) is 6.92 Å². The van der Waals surface area contributed by atoms with Crippen molar-refractivity contribution in [1.82, 2.24) is 15.5 Å². The van der Waals surface area contributed by atoms with Crippen LogP contribution in [-0.2, 0) is 0 Å². The minimum atomic E-state index is -0.247. The number of hydrogen-bond acceptors (Lipinski definition) is 3. The van der Waals surface area contributed by atoms with Gasteiger partial charge in [-0.2, -0.15) is 10.4 Å². The van der Waals surface area contributed by atoms with Gasteiger partial charge < -0.3 is 0 Å². The summed E-state index contributed by atoms with van der Waals surface area (Å²) in [6, 6.07) is 1.97. The van der Waals surface area contributed by atoms with Gasteiger partial charge in [0, 0.05) is 11.3 Å². The average Bonchev–Trinajstić information content (AvgIpc) is 2.43. The van der Waals surface area contributed by atoms with Crippen LogP contribution in [0.1, 0.15) is 29.9 Å². The highest BCUT2D eigenvalue weighted by atomic mass is 15.1. The van der Waals surface area contributed by atoms with Crippen molar-refractivity contribution in [2.45, 2.75) is 26.8 Å². The number of nitriles is 1. The molecule has 0 saturated carbocycles. The molecule has 4 nitrogen and oxygen atoms in total. The summed E-state index contributed by atoms with van der Waals surface area (Å²) in [5.74, 6) is 0. The Balaban J connectivity index is 2.98. The zero-order valence-electron chi connectivity index (χ0n) is 8.18. The number of hydrogen-bond donors (Lipinski definition) is 2. The van der Waals surface area contributed by atoms with E-state index in [9.17, 15) is 0 Å². The summed E-state index contributed by atoms with van der Waals surface area (Å²) in [5.41, 5.74) is 2.83. The predicted molar refractivity (Wildman–Crippen MR) is 50.1 cm³/mol. The Kier molecular flexibility index (Phi) is 3.04. The number of rotatable bonds is 3. The molecule has 70 valence electrons. The Morgan fingerprint density at radius 2 is 2.31 bits per heavy atom. The largest absolute Gasteiger partial charge is 0.298 e. The molecule has 1 aromatic rings. The second kappa shape index (κ2) is 4.06. The molecule has 0 fully saturated rings. The Hall–Kier alpha value is -1.34. The lowest BCUT2D eigenvalue weighted by Crippen LogP contribution is -2.20. The number of aryl methyl sites for hydroxylation is 2. The van der Waals surface area contributed by atoms with E-state index in [4.69, 9.17) is 5.26 Å². The van der Waals surface area contributed by atoms with E-state index in [0.717, 1.165) is 23.5 Å². The summed E-state index contributed by atoms with van der Waals surface area (Å²) >= 11 is 0. The molecule has 4 heteroatoms. The first-order valence-electron chi connectivity index (χ1n) is 4.35. The first-order chi connectivity index (χ1) is 6.20. The maximum atomic E-state index is 8.92. The summed E-state index contributed by atoms with van der Waals surface area (Å²) in [5, 5.41) is 18.9.